The predicted molar refractivity (Wildman–Crippen MR) is 89.1 cm³/mol. The molecule has 0 aliphatic heterocycles. The van der Waals surface area contributed by atoms with E-state index in [0.29, 0.717) is 9.88 Å². The smallest absolute Gasteiger partial charge is 0.286 e. The van der Waals surface area contributed by atoms with Crippen LogP contribution in [0.3, 0.4) is 0 Å². The van der Waals surface area contributed by atoms with Gasteiger partial charge in [0.1, 0.15) is 9.88 Å². The van der Waals surface area contributed by atoms with Gasteiger partial charge in [0, 0.05) is 4.70 Å². The molecule has 3 rings (SSSR count). The van der Waals surface area contributed by atoms with E-state index in [1.807, 2.05) is 30.3 Å². The molecule has 3 N–H and O–H groups in total. The molecule has 6 nitrogen and oxygen atoms in total. The lowest BCUT2D eigenvalue weighted by molar-refractivity contribution is 0.0710. The number of hydrogen-bond acceptors (Lipinski definition) is 6. The van der Waals surface area contributed by atoms with Crippen LogP contribution in [0.2, 0.25) is 0 Å². The fourth-order valence-corrected chi connectivity index (χ4v) is 3.85. The lowest BCUT2D eigenvalue weighted by Gasteiger charge is -2.09. The first-order valence-electron chi connectivity index (χ1n) is 6.78. The van der Waals surface area contributed by atoms with Crippen molar-refractivity contribution in [2.45, 2.75) is 13.0 Å². The Bertz CT molecular complexity index is 839. The Balaban J connectivity index is 1.74. The molecule has 2 amide bonds. The van der Waals surface area contributed by atoms with Gasteiger partial charge in [0.15, 0.2) is 0 Å². The molecule has 0 spiro atoms. The first-order valence-corrected chi connectivity index (χ1v) is 8.41. The molecule has 8 heteroatoms. The number of rotatable bonds is 4. The highest BCUT2D eigenvalue weighted by Gasteiger charge is 2.18. The number of nitrogens with one attached hydrogen (secondary N) is 2. The molecule has 0 bridgehead atoms. The van der Waals surface area contributed by atoms with Crippen LogP contribution in [0.4, 0.5) is 0 Å². The van der Waals surface area contributed by atoms with Gasteiger partial charge in [-0.2, -0.15) is 0 Å². The third-order valence-corrected chi connectivity index (χ3v) is 5.51. The molecule has 2 heterocycles. The average molecular weight is 347 g/mol. The largest absolute Gasteiger partial charge is 0.342 e. The molecule has 0 aliphatic rings. The highest BCUT2D eigenvalue weighted by atomic mass is 32.1. The summed E-state index contributed by atoms with van der Waals surface area (Å²) in [5.41, 5.74) is 1.56. The van der Waals surface area contributed by atoms with Crippen LogP contribution < -0.4 is 10.8 Å². The van der Waals surface area contributed by atoms with Crippen LogP contribution in [0.5, 0.6) is 0 Å². The number of hydroxylamine groups is 1. The standard InChI is InChI=1S/C15H13N3O3S2/c1-8(15-16-7-12(23-15)14(20)18-21)17-13(19)11-6-9-4-2-3-5-10(9)22-11/h2-8,21H,1H3,(H,17,19)(H,18,20). The molecule has 0 saturated carbocycles. The summed E-state index contributed by atoms with van der Waals surface area (Å²) in [5.74, 6) is -0.793. The number of aromatic nitrogens is 1. The predicted octanol–water partition coefficient (Wildman–Crippen LogP) is 2.97. The molecule has 0 saturated heterocycles. The van der Waals surface area contributed by atoms with Crippen molar-refractivity contribution in [2.75, 3.05) is 0 Å². The van der Waals surface area contributed by atoms with Crippen molar-refractivity contribution in [1.29, 1.82) is 0 Å². The Labute approximate surface area is 139 Å². The van der Waals surface area contributed by atoms with Gasteiger partial charge in [-0.15, -0.1) is 22.7 Å². The third kappa shape index (κ3) is 3.24. The topological polar surface area (TPSA) is 91.3 Å². The number of amides is 2. The van der Waals surface area contributed by atoms with Crippen molar-refractivity contribution in [3.05, 3.63) is 51.3 Å². The molecule has 0 fully saturated rings. The SMILES string of the molecule is CC(NC(=O)c1cc2ccccc2s1)c1ncc(C(=O)NO)s1. The number of carbonyl (C=O) groups is 2. The van der Waals surface area contributed by atoms with Gasteiger partial charge >= 0.3 is 0 Å². The minimum Gasteiger partial charge on any atom is -0.342 e. The van der Waals surface area contributed by atoms with Crippen molar-refractivity contribution in [1.82, 2.24) is 15.8 Å². The van der Waals surface area contributed by atoms with Crippen molar-refractivity contribution < 1.29 is 14.8 Å². The van der Waals surface area contributed by atoms with Gasteiger partial charge in [-0.25, -0.2) is 10.5 Å². The maximum atomic E-state index is 12.4. The van der Waals surface area contributed by atoms with Gasteiger partial charge < -0.3 is 5.32 Å². The Hall–Kier alpha value is -2.29. The summed E-state index contributed by atoms with van der Waals surface area (Å²) in [6.07, 6.45) is 1.37. The molecule has 0 radical (unpaired) electrons. The van der Waals surface area contributed by atoms with E-state index in [1.165, 1.54) is 17.5 Å². The van der Waals surface area contributed by atoms with E-state index in [9.17, 15) is 9.59 Å². The second-order valence-corrected chi connectivity index (χ2v) is 6.99. The molecule has 118 valence electrons. The molecule has 0 aliphatic carbocycles. The zero-order chi connectivity index (χ0) is 16.4. The highest BCUT2D eigenvalue weighted by molar-refractivity contribution is 7.20. The first-order chi connectivity index (χ1) is 11.1. The Morgan fingerprint density at radius 3 is 2.70 bits per heavy atom. The van der Waals surface area contributed by atoms with E-state index in [4.69, 9.17) is 5.21 Å². The van der Waals surface area contributed by atoms with Crippen LogP contribution in [0.1, 0.15) is 37.3 Å². The quantitative estimate of drug-likeness (QED) is 0.500. The zero-order valence-electron chi connectivity index (χ0n) is 12.1. The summed E-state index contributed by atoms with van der Waals surface area (Å²) in [5, 5.41) is 13.1. The van der Waals surface area contributed by atoms with Gasteiger partial charge in [0.25, 0.3) is 11.8 Å². The summed E-state index contributed by atoms with van der Waals surface area (Å²) in [6, 6.07) is 9.33. The van der Waals surface area contributed by atoms with Gasteiger partial charge in [0.2, 0.25) is 0 Å². The van der Waals surface area contributed by atoms with E-state index >= 15 is 0 Å². The summed E-state index contributed by atoms with van der Waals surface area (Å²) >= 11 is 2.55. The van der Waals surface area contributed by atoms with E-state index in [2.05, 4.69) is 10.3 Å². The number of thiophene rings is 1. The summed E-state index contributed by atoms with van der Waals surface area (Å²) in [4.78, 5) is 28.7. The maximum absolute atomic E-state index is 12.4. The number of carbonyl (C=O) groups excluding carboxylic acids is 2. The van der Waals surface area contributed by atoms with E-state index in [-0.39, 0.29) is 16.8 Å². The van der Waals surface area contributed by atoms with Crippen molar-refractivity contribution >= 4 is 44.6 Å². The fraction of sp³-hybridized carbons (Fsp3) is 0.133. The fourth-order valence-electron chi connectivity index (χ4n) is 2.07. The lowest BCUT2D eigenvalue weighted by atomic mass is 10.2. The van der Waals surface area contributed by atoms with Crippen molar-refractivity contribution in [3.63, 3.8) is 0 Å². The molecular formula is C15H13N3O3S2. The molecule has 1 atom stereocenters. The number of fused-ring (bicyclic) bond motifs is 1. The van der Waals surface area contributed by atoms with Gasteiger partial charge in [-0.05, 0) is 24.4 Å². The summed E-state index contributed by atoms with van der Waals surface area (Å²) in [6.45, 7) is 1.80. The molecule has 3 aromatic rings. The first kappa shape index (κ1) is 15.6. The minimum atomic E-state index is -0.614. The summed E-state index contributed by atoms with van der Waals surface area (Å²) in [7, 11) is 0. The van der Waals surface area contributed by atoms with Crippen LogP contribution >= 0.6 is 22.7 Å². The Kier molecular flexibility index (Phi) is 4.37. The zero-order valence-corrected chi connectivity index (χ0v) is 13.7. The van der Waals surface area contributed by atoms with Crippen LogP contribution in [-0.2, 0) is 0 Å². The molecule has 1 unspecified atom stereocenters. The van der Waals surface area contributed by atoms with Crippen LogP contribution in [0.25, 0.3) is 10.1 Å². The number of thiazole rings is 1. The average Bonchev–Trinajstić information content (AvgIpc) is 3.20. The monoisotopic (exact) mass is 347 g/mol. The molecule has 2 aromatic heterocycles. The number of nitrogens with zero attached hydrogens (tertiary/aromatic N) is 1. The van der Waals surface area contributed by atoms with Crippen molar-refractivity contribution in [3.8, 4) is 0 Å². The van der Waals surface area contributed by atoms with Gasteiger partial charge in [0.05, 0.1) is 17.1 Å². The third-order valence-electron chi connectivity index (χ3n) is 3.22. The van der Waals surface area contributed by atoms with Gasteiger partial charge in [-0.1, -0.05) is 18.2 Å². The minimum absolute atomic E-state index is 0.179. The van der Waals surface area contributed by atoms with E-state index in [1.54, 1.807) is 12.4 Å². The summed E-state index contributed by atoms with van der Waals surface area (Å²) < 4.78 is 1.06. The van der Waals surface area contributed by atoms with E-state index < -0.39 is 5.91 Å². The lowest BCUT2D eigenvalue weighted by Crippen LogP contribution is -2.25. The second-order valence-electron chi connectivity index (χ2n) is 4.85. The van der Waals surface area contributed by atoms with Crippen molar-refractivity contribution in [2.24, 2.45) is 0 Å². The number of benzene rings is 1. The Morgan fingerprint density at radius 1 is 1.17 bits per heavy atom. The molecule has 23 heavy (non-hydrogen) atoms. The molecule has 1 aromatic carbocycles. The normalized spacial score (nSPS) is 12.1. The Morgan fingerprint density at radius 2 is 1.96 bits per heavy atom. The van der Waals surface area contributed by atoms with Crippen LogP contribution in [-0.4, -0.2) is 22.0 Å². The maximum Gasteiger partial charge on any atom is 0.286 e. The second kappa shape index (κ2) is 6.45. The van der Waals surface area contributed by atoms with Crippen LogP contribution in [0.15, 0.2) is 36.5 Å². The van der Waals surface area contributed by atoms with Gasteiger partial charge in [-0.3, -0.25) is 14.8 Å². The number of hydrogen-bond donors (Lipinski definition) is 3. The van der Waals surface area contributed by atoms with Crippen LogP contribution in [0, 0.1) is 0 Å². The van der Waals surface area contributed by atoms with E-state index in [0.717, 1.165) is 21.4 Å². The molecular weight excluding hydrogens is 334 g/mol. The highest BCUT2D eigenvalue weighted by Crippen LogP contribution is 2.26.